The molecule has 10 heteroatoms. The Morgan fingerprint density at radius 3 is 2.51 bits per heavy atom. The zero-order valence-electron chi connectivity index (χ0n) is 20.1. The third-order valence-corrected chi connectivity index (χ3v) is 5.68. The molecule has 0 bridgehead atoms. The van der Waals surface area contributed by atoms with E-state index in [2.05, 4.69) is 15.4 Å². The van der Waals surface area contributed by atoms with Crippen molar-refractivity contribution in [2.24, 2.45) is 7.05 Å². The molecule has 4 rings (SSSR count). The van der Waals surface area contributed by atoms with E-state index in [4.69, 9.17) is 13.9 Å². The summed E-state index contributed by atoms with van der Waals surface area (Å²) in [4.78, 5) is 16.8. The van der Waals surface area contributed by atoms with Crippen molar-refractivity contribution in [2.45, 2.75) is 33.2 Å². The first-order valence-corrected chi connectivity index (χ1v) is 11.0. The van der Waals surface area contributed by atoms with E-state index in [1.54, 1.807) is 46.2 Å². The first kappa shape index (κ1) is 24.2. The number of methoxy groups -OCH3 is 1. The van der Waals surface area contributed by atoms with Crippen LogP contribution in [0.1, 0.15) is 42.0 Å². The molecule has 0 spiro atoms. The summed E-state index contributed by atoms with van der Waals surface area (Å²) >= 11 is 0. The number of hydrogen-bond acceptors (Lipinski definition) is 6. The number of aromatic nitrogens is 3. The number of carbonyl (C=O) groups excluding carboxylic acids is 1. The number of nitrogens with one attached hydrogen (secondary N) is 1. The Balaban J connectivity index is 1.55. The Hall–Kier alpha value is -3.95. The lowest BCUT2D eigenvalue weighted by molar-refractivity contribution is -0.123. The maximum atomic E-state index is 14.1. The number of alkyl halides is 2. The highest BCUT2D eigenvalue weighted by molar-refractivity contribution is 5.95. The number of hydrogen-bond donors (Lipinski definition) is 1. The highest BCUT2D eigenvalue weighted by Crippen LogP contribution is 2.38. The Kier molecular flexibility index (Phi) is 6.72. The van der Waals surface area contributed by atoms with E-state index in [1.807, 2.05) is 19.1 Å². The summed E-state index contributed by atoms with van der Waals surface area (Å²) in [7, 11) is 3.19. The highest BCUT2D eigenvalue weighted by Gasteiger charge is 2.25. The Labute approximate surface area is 200 Å². The van der Waals surface area contributed by atoms with Crippen molar-refractivity contribution in [1.82, 2.24) is 20.1 Å². The van der Waals surface area contributed by atoms with Crippen molar-refractivity contribution >= 4 is 16.9 Å². The molecule has 0 aliphatic carbocycles. The molecule has 0 radical (unpaired) electrons. The molecule has 1 atom stereocenters. The predicted octanol–water partition coefficient (Wildman–Crippen LogP) is 5.05. The molecular formula is C25H26F2N4O4. The fourth-order valence-electron chi connectivity index (χ4n) is 3.95. The van der Waals surface area contributed by atoms with E-state index in [0.29, 0.717) is 28.5 Å². The quantitative estimate of drug-likeness (QED) is 0.376. The fourth-order valence-corrected chi connectivity index (χ4v) is 3.95. The van der Waals surface area contributed by atoms with E-state index in [9.17, 15) is 13.6 Å². The molecule has 3 heterocycles. The van der Waals surface area contributed by atoms with Crippen LogP contribution in [0.2, 0.25) is 0 Å². The van der Waals surface area contributed by atoms with Crippen LogP contribution in [0.3, 0.4) is 0 Å². The number of pyridine rings is 1. The van der Waals surface area contributed by atoms with Crippen LogP contribution in [-0.2, 0) is 11.8 Å². The number of rotatable bonds is 8. The van der Waals surface area contributed by atoms with E-state index in [-0.39, 0.29) is 35.1 Å². The smallest absolute Gasteiger partial charge is 0.264 e. The Morgan fingerprint density at radius 1 is 1.20 bits per heavy atom. The normalized spacial score (nSPS) is 12.2. The lowest BCUT2D eigenvalue weighted by atomic mass is 10.1. The molecule has 0 aliphatic rings. The molecule has 8 nitrogen and oxygen atoms in total. The topological polar surface area (TPSA) is 91.4 Å². The standard InChI is InChI=1S/C25H26F2N4O4/c1-13-10-18(15(3)35-13)23-22-19(24(26)27)11-21(29-25(22)31(4)30-23)34-12-20(32)28-14(2)16-6-8-17(33-5)9-7-16/h6-11,14,24H,12H2,1-5H3,(H,28,32). The van der Waals surface area contributed by atoms with Crippen LogP contribution in [-0.4, -0.2) is 34.4 Å². The van der Waals surface area contributed by atoms with Crippen molar-refractivity contribution in [3.05, 3.63) is 59.0 Å². The van der Waals surface area contributed by atoms with Gasteiger partial charge in [-0.2, -0.15) is 10.1 Å². The summed E-state index contributed by atoms with van der Waals surface area (Å²) in [5.41, 5.74) is 1.80. The number of ether oxygens (including phenoxy) is 2. The molecule has 0 saturated carbocycles. The van der Waals surface area contributed by atoms with Gasteiger partial charge in [0.05, 0.1) is 18.5 Å². The molecule has 35 heavy (non-hydrogen) atoms. The van der Waals surface area contributed by atoms with Gasteiger partial charge in [0, 0.05) is 24.2 Å². The van der Waals surface area contributed by atoms with Gasteiger partial charge in [-0.05, 0) is 44.5 Å². The molecular weight excluding hydrogens is 458 g/mol. The summed E-state index contributed by atoms with van der Waals surface area (Å²) in [6.07, 6.45) is -2.80. The van der Waals surface area contributed by atoms with E-state index in [0.717, 1.165) is 11.6 Å². The monoisotopic (exact) mass is 484 g/mol. The zero-order valence-corrected chi connectivity index (χ0v) is 20.1. The second-order valence-corrected chi connectivity index (χ2v) is 8.20. The van der Waals surface area contributed by atoms with Crippen LogP contribution >= 0.6 is 0 Å². The minimum absolute atomic E-state index is 0.0882. The summed E-state index contributed by atoms with van der Waals surface area (Å²) in [6, 6.07) is 9.91. The molecule has 4 aromatic rings. The highest BCUT2D eigenvalue weighted by atomic mass is 19.3. The zero-order chi connectivity index (χ0) is 25.3. The van der Waals surface area contributed by atoms with Crippen LogP contribution in [0, 0.1) is 13.8 Å². The van der Waals surface area contributed by atoms with Crippen LogP contribution in [0.25, 0.3) is 22.3 Å². The third kappa shape index (κ3) is 4.96. The lowest BCUT2D eigenvalue weighted by Crippen LogP contribution is -2.31. The van der Waals surface area contributed by atoms with Crippen molar-refractivity contribution < 1.29 is 27.5 Å². The first-order valence-electron chi connectivity index (χ1n) is 11.0. The lowest BCUT2D eigenvalue weighted by Gasteiger charge is -2.15. The first-order chi connectivity index (χ1) is 16.7. The number of furan rings is 1. The van der Waals surface area contributed by atoms with Gasteiger partial charge in [0.25, 0.3) is 12.3 Å². The van der Waals surface area contributed by atoms with Crippen molar-refractivity contribution in [2.75, 3.05) is 13.7 Å². The van der Waals surface area contributed by atoms with Gasteiger partial charge in [-0.1, -0.05) is 12.1 Å². The van der Waals surface area contributed by atoms with Gasteiger partial charge in [-0.25, -0.2) is 13.5 Å². The maximum absolute atomic E-state index is 14.1. The van der Waals surface area contributed by atoms with Gasteiger partial charge in [-0.3, -0.25) is 4.79 Å². The predicted molar refractivity (Wildman–Crippen MR) is 126 cm³/mol. The molecule has 1 amide bonds. The van der Waals surface area contributed by atoms with Crippen LogP contribution in [0.5, 0.6) is 11.6 Å². The second-order valence-electron chi connectivity index (χ2n) is 8.20. The third-order valence-electron chi connectivity index (χ3n) is 5.68. The average molecular weight is 485 g/mol. The van der Waals surface area contributed by atoms with Gasteiger partial charge in [0.1, 0.15) is 23.0 Å². The van der Waals surface area contributed by atoms with Crippen LogP contribution in [0.4, 0.5) is 8.78 Å². The summed E-state index contributed by atoms with van der Waals surface area (Å²) in [5, 5.41) is 7.45. The summed E-state index contributed by atoms with van der Waals surface area (Å²) in [5.74, 6) is 1.44. The van der Waals surface area contributed by atoms with Crippen molar-refractivity contribution in [3.63, 3.8) is 0 Å². The van der Waals surface area contributed by atoms with Crippen LogP contribution in [0.15, 0.2) is 40.8 Å². The van der Waals surface area contributed by atoms with Gasteiger partial charge in [0.2, 0.25) is 5.88 Å². The number of amides is 1. The van der Waals surface area contributed by atoms with Crippen molar-refractivity contribution in [1.29, 1.82) is 0 Å². The number of nitrogens with zero attached hydrogens (tertiary/aromatic N) is 3. The molecule has 1 aromatic carbocycles. The van der Waals surface area contributed by atoms with E-state index in [1.165, 1.54) is 4.68 Å². The minimum atomic E-state index is -2.80. The van der Waals surface area contributed by atoms with Crippen LogP contribution < -0.4 is 14.8 Å². The minimum Gasteiger partial charge on any atom is -0.497 e. The number of aryl methyl sites for hydroxylation is 3. The van der Waals surface area contributed by atoms with Gasteiger partial charge < -0.3 is 19.2 Å². The SMILES string of the molecule is COc1ccc(C(C)NC(=O)COc2cc(C(F)F)c3c(-c4cc(C)oc4C)nn(C)c3n2)cc1. The van der Waals surface area contributed by atoms with Crippen molar-refractivity contribution in [3.8, 4) is 22.9 Å². The molecule has 0 saturated heterocycles. The number of benzene rings is 1. The van der Waals surface area contributed by atoms with E-state index >= 15 is 0 Å². The molecule has 0 fully saturated rings. The molecule has 1 unspecified atom stereocenters. The number of halogens is 2. The Morgan fingerprint density at radius 2 is 1.91 bits per heavy atom. The molecule has 184 valence electrons. The second kappa shape index (κ2) is 9.73. The van der Waals surface area contributed by atoms with Gasteiger partial charge >= 0.3 is 0 Å². The number of fused-ring (bicyclic) bond motifs is 1. The molecule has 0 aliphatic heterocycles. The fraction of sp³-hybridized carbons (Fsp3) is 0.320. The average Bonchev–Trinajstić information content (AvgIpc) is 3.34. The summed E-state index contributed by atoms with van der Waals surface area (Å²) in [6.45, 7) is 4.98. The largest absolute Gasteiger partial charge is 0.497 e. The van der Waals surface area contributed by atoms with Gasteiger partial charge in [-0.15, -0.1) is 0 Å². The van der Waals surface area contributed by atoms with E-state index < -0.39 is 12.3 Å². The maximum Gasteiger partial charge on any atom is 0.264 e. The van der Waals surface area contributed by atoms with Gasteiger partial charge in [0.15, 0.2) is 12.3 Å². The Bertz CT molecular complexity index is 1360. The summed E-state index contributed by atoms with van der Waals surface area (Å²) < 4.78 is 45.7. The number of carbonyl (C=O) groups is 1. The molecule has 3 aromatic heterocycles. The molecule has 1 N–H and O–H groups in total.